The summed E-state index contributed by atoms with van der Waals surface area (Å²) in [6, 6.07) is 18.8. The van der Waals surface area contributed by atoms with E-state index in [1.54, 1.807) is 11.1 Å². The van der Waals surface area contributed by atoms with Gasteiger partial charge in [-0.15, -0.1) is 5.11 Å². The number of nitrogens with zero attached hydrogens (tertiary/aromatic N) is 4. The Morgan fingerprint density at radius 1 is 1.00 bits per heavy atom. The predicted octanol–water partition coefficient (Wildman–Crippen LogP) is 4.23. The van der Waals surface area contributed by atoms with Gasteiger partial charge in [0.25, 0.3) is 0 Å². The lowest BCUT2D eigenvalue weighted by Gasteiger charge is -2.14. The van der Waals surface area contributed by atoms with Gasteiger partial charge < -0.3 is 4.90 Å². The quantitative estimate of drug-likeness (QED) is 0.356. The van der Waals surface area contributed by atoms with Gasteiger partial charge in [0.2, 0.25) is 0 Å². The van der Waals surface area contributed by atoms with Crippen molar-refractivity contribution >= 4 is 23.4 Å². The molecule has 6 heteroatoms. The van der Waals surface area contributed by atoms with E-state index in [0.29, 0.717) is 11.4 Å². The first kappa shape index (κ1) is 18.1. The van der Waals surface area contributed by atoms with Crippen molar-refractivity contribution in [2.75, 3.05) is 19.5 Å². The molecule has 0 atom stereocenters. The third kappa shape index (κ3) is 5.69. The van der Waals surface area contributed by atoms with E-state index in [0.717, 1.165) is 5.69 Å². The number of rotatable bonds is 7. The largest absolute Gasteiger partial charge is 0.374 e. The van der Waals surface area contributed by atoms with E-state index in [1.165, 1.54) is 6.92 Å². The molecule has 0 aromatic heterocycles. The van der Waals surface area contributed by atoms with Gasteiger partial charge in [0.05, 0.1) is 23.3 Å². The number of allylic oxidation sites excluding steroid dienone is 2. The van der Waals surface area contributed by atoms with Gasteiger partial charge in [-0.3, -0.25) is 10.2 Å². The summed E-state index contributed by atoms with van der Waals surface area (Å²) < 4.78 is 0. The molecule has 0 saturated carbocycles. The van der Waals surface area contributed by atoms with Gasteiger partial charge in [0.15, 0.2) is 11.5 Å². The van der Waals surface area contributed by atoms with Crippen LogP contribution in [0.2, 0.25) is 0 Å². The third-order valence-corrected chi connectivity index (χ3v) is 3.23. The molecular formula is C19H21N5O. The molecule has 1 N–H and O–H groups in total. The molecule has 0 aliphatic carbocycles. The van der Waals surface area contributed by atoms with E-state index in [4.69, 9.17) is 0 Å². The molecule has 0 bridgehead atoms. The van der Waals surface area contributed by atoms with Crippen LogP contribution in [0.25, 0.3) is 0 Å². The first-order valence-electron chi connectivity index (χ1n) is 7.81. The van der Waals surface area contributed by atoms with Crippen LogP contribution in [0.15, 0.2) is 87.4 Å². The zero-order valence-electron chi connectivity index (χ0n) is 14.5. The van der Waals surface area contributed by atoms with Gasteiger partial charge in [0.1, 0.15) is 0 Å². The molecule has 0 amide bonds. The van der Waals surface area contributed by atoms with E-state index in [9.17, 15) is 4.79 Å². The van der Waals surface area contributed by atoms with Crippen molar-refractivity contribution in [3.05, 3.63) is 72.1 Å². The van der Waals surface area contributed by atoms with Crippen LogP contribution in [0.3, 0.4) is 0 Å². The summed E-state index contributed by atoms with van der Waals surface area (Å²) in [6.45, 7) is 1.46. The molecule has 0 spiro atoms. The molecule has 0 fully saturated rings. The Bertz CT molecular complexity index is 780. The van der Waals surface area contributed by atoms with Crippen LogP contribution in [0.4, 0.5) is 11.4 Å². The first-order chi connectivity index (χ1) is 12.1. The van der Waals surface area contributed by atoms with Crippen LogP contribution in [-0.4, -0.2) is 31.0 Å². The zero-order valence-corrected chi connectivity index (χ0v) is 14.5. The molecule has 0 aliphatic rings. The Morgan fingerprint density at radius 3 is 2.16 bits per heavy atom. The lowest BCUT2D eigenvalue weighted by molar-refractivity contribution is -0.113. The first-order valence-corrected chi connectivity index (χ1v) is 7.81. The molecule has 0 aliphatic heterocycles. The highest BCUT2D eigenvalue weighted by Gasteiger charge is 2.12. The maximum Gasteiger partial charge on any atom is 0.182 e. The number of carbonyl (C=O) groups is 1. The minimum absolute atomic E-state index is 0.186. The number of benzene rings is 2. The summed E-state index contributed by atoms with van der Waals surface area (Å²) in [5, 5.41) is 12.5. The van der Waals surface area contributed by atoms with Gasteiger partial charge in [-0.05, 0) is 24.3 Å². The van der Waals surface area contributed by atoms with E-state index < -0.39 is 0 Å². The lowest BCUT2D eigenvalue weighted by Crippen LogP contribution is -2.17. The van der Waals surface area contributed by atoms with Crippen molar-refractivity contribution in [2.24, 2.45) is 15.3 Å². The third-order valence-electron chi connectivity index (χ3n) is 3.23. The van der Waals surface area contributed by atoms with Crippen LogP contribution in [0.1, 0.15) is 6.92 Å². The number of anilines is 1. The average Bonchev–Trinajstić information content (AvgIpc) is 2.61. The molecule has 2 aromatic carbocycles. The Labute approximate surface area is 147 Å². The second-order valence-electron chi connectivity index (χ2n) is 5.46. The Hall–Kier alpha value is -3.28. The number of nitrogens with one attached hydrogen (secondary N) is 1. The highest BCUT2D eigenvalue weighted by Crippen LogP contribution is 2.16. The maximum atomic E-state index is 12.0. The summed E-state index contributed by atoms with van der Waals surface area (Å²) in [7, 11) is 3.65. The Balaban J connectivity index is 2.27. The number of carbonyl (C=O) groups excluding carboxylic acids is 1. The summed E-state index contributed by atoms with van der Waals surface area (Å²) >= 11 is 0. The minimum atomic E-state index is -0.186. The fourth-order valence-corrected chi connectivity index (χ4v) is 1.97. The molecule has 0 heterocycles. The van der Waals surface area contributed by atoms with Crippen molar-refractivity contribution in [1.29, 1.82) is 0 Å². The molecule has 0 saturated heterocycles. The van der Waals surface area contributed by atoms with Crippen LogP contribution >= 0.6 is 0 Å². The summed E-state index contributed by atoms with van der Waals surface area (Å²) in [5.74, 6) is -0.186. The standard InChI is InChI=1S/C19H21N5O/c1-15(25)19(23-22-17-12-8-5-9-13-17)18(24(2)3)14-20-21-16-10-6-4-7-11-16/h4-14,21H,1-3H3/b19-18-,20-14-,23-22?. The van der Waals surface area contributed by atoms with E-state index in [1.807, 2.05) is 74.8 Å². The average molecular weight is 335 g/mol. The van der Waals surface area contributed by atoms with Crippen molar-refractivity contribution < 1.29 is 4.79 Å². The van der Waals surface area contributed by atoms with Crippen LogP contribution in [-0.2, 0) is 4.79 Å². The number of Topliss-reactive ketones (excluding diaryl/α,β-unsaturated/α-hetero) is 1. The van der Waals surface area contributed by atoms with Crippen LogP contribution in [0.5, 0.6) is 0 Å². The highest BCUT2D eigenvalue weighted by atomic mass is 16.1. The monoisotopic (exact) mass is 335 g/mol. The molecule has 128 valence electrons. The van der Waals surface area contributed by atoms with Gasteiger partial charge in [-0.1, -0.05) is 36.4 Å². The minimum Gasteiger partial charge on any atom is -0.374 e. The second-order valence-corrected chi connectivity index (χ2v) is 5.46. The fourth-order valence-electron chi connectivity index (χ4n) is 1.97. The number of hydrazone groups is 1. The smallest absolute Gasteiger partial charge is 0.182 e. The molecule has 2 aromatic rings. The predicted molar refractivity (Wildman–Crippen MR) is 101 cm³/mol. The summed E-state index contributed by atoms with van der Waals surface area (Å²) in [6.07, 6.45) is 1.56. The SMILES string of the molecule is CC(=O)/C(N=Nc1ccccc1)=C(\C=N/Nc1ccccc1)N(C)C. The normalized spacial score (nSPS) is 12.3. The van der Waals surface area contributed by atoms with Crippen molar-refractivity contribution in [2.45, 2.75) is 6.92 Å². The van der Waals surface area contributed by atoms with Crippen molar-refractivity contribution in [1.82, 2.24) is 4.90 Å². The molecule has 0 radical (unpaired) electrons. The van der Waals surface area contributed by atoms with Gasteiger partial charge in [-0.2, -0.15) is 10.2 Å². The van der Waals surface area contributed by atoms with Gasteiger partial charge >= 0.3 is 0 Å². The van der Waals surface area contributed by atoms with E-state index in [2.05, 4.69) is 20.8 Å². The molecule has 25 heavy (non-hydrogen) atoms. The Kier molecular flexibility index (Phi) is 6.59. The van der Waals surface area contributed by atoms with Crippen LogP contribution in [0, 0.1) is 0 Å². The van der Waals surface area contributed by atoms with Crippen molar-refractivity contribution in [3.63, 3.8) is 0 Å². The highest BCUT2D eigenvalue weighted by molar-refractivity contribution is 5.99. The lowest BCUT2D eigenvalue weighted by atomic mass is 10.2. The number of hydrogen-bond acceptors (Lipinski definition) is 6. The topological polar surface area (TPSA) is 69.4 Å². The van der Waals surface area contributed by atoms with Gasteiger partial charge in [-0.25, -0.2) is 0 Å². The number of hydrogen-bond donors (Lipinski definition) is 1. The Morgan fingerprint density at radius 2 is 1.60 bits per heavy atom. The fraction of sp³-hybridized carbons (Fsp3) is 0.158. The summed E-state index contributed by atoms with van der Waals surface area (Å²) in [4.78, 5) is 13.8. The molecule has 2 rings (SSSR count). The molecule has 0 unspecified atom stereocenters. The number of ketones is 1. The van der Waals surface area contributed by atoms with Gasteiger partial charge in [0, 0.05) is 21.0 Å². The van der Waals surface area contributed by atoms with Crippen molar-refractivity contribution in [3.8, 4) is 0 Å². The van der Waals surface area contributed by atoms with E-state index >= 15 is 0 Å². The maximum absolute atomic E-state index is 12.0. The number of azo groups is 1. The van der Waals surface area contributed by atoms with Crippen LogP contribution < -0.4 is 5.43 Å². The number of para-hydroxylation sites is 1. The second kappa shape index (κ2) is 9.12. The van der Waals surface area contributed by atoms with E-state index in [-0.39, 0.29) is 11.5 Å². The zero-order chi connectivity index (χ0) is 18.1. The molecule has 6 nitrogen and oxygen atoms in total. The molecular weight excluding hydrogens is 314 g/mol. The summed E-state index contributed by atoms with van der Waals surface area (Å²) in [5.41, 5.74) is 5.26.